The molecule has 0 spiro atoms. The van der Waals surface area contributed by atoms with Crippen molar-refractivity contribution in [2.24, 2.45) is 0 Å². The van der Waals surface area contributed by atoms with Crippen molar-refractivity contribution < 1.29 is 17.2 Å². The first-order chi connectivity index (χ1) is 6.08. The zero-order valence-corrected chi connectivity index (χ0v) is 7.44. The van der Waals surface area contributed by atoms with E-state index in [9.17, 15) is 8.42 Å². The predicted molar refractivity (Wildman–Crippen MR) is 55.3 cm³/mol. The minimum atomic E-state index is -4.38. The second kappa shape index (κ2) is 6.21. The van der Waals surface area contributed by atoms with E-state index >= 15 is 0 Å². The summed E-state index contributed by atoms with van der Waals surface area (Å²) in [6, 6.07) is 8.97. The Morgan fingerprint density at radius 1 is 1.21 bits per heavy atom. The predicted octanol–water partition coefficient (Wildman–Crippen LogP) is 0.828. The van der Waals surface area contributed by atoms with Crippen molar-refractivity contribution in [2.45, 2.75) is 0 Å². The first kappa shape index (κ1) is 13.7. The average Bonchev–Trinajstić information content (AvgIpc) is 2.04. The molecule has 0 aliphatic heterocycles. The molecule has 0 heterocycles. The van der Waals surface area contributed by atoms with Crippen molar-refractivity contribution in [3.8, 4) is 0 Å². The van der Waals surface area contributed by atoms with Crippen molar-refractivity contribution >= 4 is 46.0 Å². The molecule has 14 heavy (non-hydrogen) atoms. The van der Waals surface area contributed by atoms with Crippen LogP contribution < -0.4 is 0 Å². The molecule has 0 bridgehead atoms. The molecular formula is C8H9NaO4S. The van der Waals surface area contributed by atoms with Crippen molar-refractivity contribution in [1.29, 1.82) is 0 Å². The molecule has 1 N–H and O–H groups in total. The van der Waals surface area contributed by atoms with E-state index in [-0.39, 0.29) is 29.6 Å². The summed E-state index contributed by atoms with van der Waals surface area (Å²) in [5.74, 6) is 0. The normalized spacial score (nSPS) is 10.9. The van der Waals surface area contributed by atoms with Crippen LogP contribution >= 0.6 is 0 Å². The van der Waals surface area contributed by atoms with E-state index in [0.29, 0.717) is 0 Å². The molecule has 0 amide bonds. The molecule has 0 aliphatic rings. The zero-order chi connectivity index (χ0) is 9.73. The monoisotopic (exact) mass is 224 g/mol. The number of hydrogen-bond donors (Lipinski definition) is 1. The molecule has 72 valence electrons. The van der Waals surface area contributed by atoms with Gasteiger partial charge in [0.1, 0.15) is 6.26 Å². The van der Waals surface area contributed by atoms with Crippen LogP contribution in [0.3, 0.4) is 0 Å². The number of rotatable bonds is 3. The van der Waals surface area contributed by atoms with Gasteiger partial charge >= 0.3 is 40.0 Å². The second-order valence-electron chi connectivity index (χ2n) is 2.24. The fourth-order valence-electron chi connectivity index (χ4n) is 0.741. The SMILES string of the molecule is O=S(=O)(O)OC=Cc1ccccc1.[NaH]. The minimum absolute atomic E-state index is 0. The molecule has 6 heteroatoms. The van der Waals surface area contributed by atoms with Crippen LogP contribution in [0.1, 0.15) is 5.56 Å². The van der Waals surface area contributed by atoms with Crippen LogP contribution in [0, 0.1) is 0 Å². The van der Waals surface area contributed by atoms with Gasteiger partial charge in [-0.2, -0.15) is 8.42 Å². The van der Waals surface area contributed by atoms with Crippen molar-refractivity contribution in [3.05, 3.63) is 42.2 Å². The number of benzene rings is 1. The molecule has 0 aliphatic carbocycles. The van der Waals surface area contributed by atoms with Gasteiger partial charge in [-0.1, -0.05) is 30.3 Å². The third-order valence-electron chi connectivity index (χ3n) is 1.24. The maximum atomic E-state index is 10.1. The van der Waals surface area contributed by atoms with E-state index in [4.69, 9.17) is 4.55 Å². The Kier molecular flexibility index (Phi) is 6.06. The Morgan fingerprint density at radius 3 is 2.29 bits per heavy atom. The summed E-state index contributed by atoms with van der Waals surface area (Å²) < 4.78 is 32.4. The van der Waals surface area contributed by atoms with Gasteiger partial charge in [-0.25, -0.2) is 0 Å². The van der Waals surface area contributed by atoms with Gasteiger partial charge in [-0.05, 0) is 11.6 Å². The average molecular weight is 224 g/mol. The van der Waals surface area contributed by atoms with Gasteiger partial charge in [0, 0.05) is 0 Å². The standard InChI is InChI=1S/C8H8O4S.Na.H/c9-13(10,11)12-7-6-8-4-2-1-3-5-8;;/h1-7H,(H,9,10,11);;. The molecule has 4 nitrogen and oxygen atoms in total. The van der Waals surface area contributed by atoms with Gasteiger partial charge in [0.2, 0.25) is 0 Å². The zero-order valence-electron chi connectivity index (χ0n) is 6.62. The third-order valence-corrected chi connectivity index (χ3v) is 1.59. The van der Waals surface area contributed by atoms with Crippen molar-refractivity contribution in [2.75, 3.05) is 0 Å². The van der Waals surface area contributed by atoms with Crippen LogP contribution in [0.15, 0.2) is 36.6 Å². The Morgan fingerprint density at radius 2 is 1.79 bits per heavy atom. The van der Waals surface area contributed by atoms with E-state index in [2.05, 4.69) is 4.18 Å². The molecule has 1 aromatic rings. The molecule has 0 saturated heterocycles. The summed E-state index contributed by atoms with van der Waals surface area (Å²) in [5.41, 5.74) is 0.783. The summed E-state index contributed by atoms with van der Waals surface area (Å²) >= 11 is 0. The number of hydrogen-bond acceptors (Lipinski definition) is 3. The first-order valence-corrected chi connectivity index (χ1v) is 4.82. The molecule has 0 radical (unpaired) electrons. The van der Waals surface area contributed by atoms with Gasteiger partial charge in [0.25, 0.3) is 0 Å². The fourth-order valence-corrected chi connectivity index (χ4v) is 0.937. The van der Waals surface area contributed by atoms with E-state index in [0.717, 1.165) is 11.8 Å². The fraction of sp³-hybridized carbons (Fsp3) is 0. The topological polar surface area (TPSA) is 63.6 Å². The van der Waals surface area contributed by atoms with Crippen LogP contribution in [0.4, 0.5) is 0 Å². The van der Waals surface area contributed by atoms with Crippen LogP contribution in [0.25, 0.3) is 6.08 Å². The molecule has 0 unspecified atom stereocenters. The first-order valence-electron chi connectivity index (χ1n) is 3.45. The van der Waals surface area contributed by atoms with Gasteiger partial charge in [0.05, 0.1) is 0 Å². The van der Waals surface area contributed by atoms with E-state index < -0.39 is 10.4 Å². The van der Waals surface area contributed by atoms with E-state index in [1.165, 1.54) is 6.08 Å². The van der Waals surface area contributed by atoms with Crippen LogP contribution in [-0.2, 0) is 14.6 Å². The van der Waals surface area contributed by atoms with Crippen molar-refractivity contribution in [3.63, 3.8) is 0 Å². The third kappa shape index (κ3) is 6.17. The van der Waals surface area contributed by atoms with Crippen LogP contribution in [0.5, 0.6) is 0 Å². The van der Waals surface area contributed by atoms with Gasteiger partial charge in [-0.15, -0.1) is 0 Å². The van der Waals surface area contributed by atoms with Gasteiger partial charge < -0.3 is 4.18 Å². The molecule has 1 aromatic carbocycles. The Hall–Kier alpha value is -0.330. The van der Waals surface area contributed by atoms with Gasteiger partial charge in [-0.3, -0.25) is 4.55 Å². The van der Waals surface area contributed by atoms with Crippen LogP contribution in [0.2, 0.25) is 0 Å². The second-order valence-corrected chi connectivity index (χ2v) is 3.29. The van der Waals surface area contributed by atoms with Gasteiger partial charge in [0.15, 0.2) is 0 Å². The Balaban J connectivity index is 0.00000169. The molecule has 1 rings (SSSR count). The molecule has 0 atom stereocenters. The van der Waals surface area contributed by atoms with E-state index in [1.807, 2.05) is 6.07 Å². The molecular weight excluding hydrogens is 215 g/mol. The van der Waals surface area contributed by atoms with E-state index in [1.54, 1.807) is 24.3 Å². The molecule has 0 saturated carbocycles. The summed E-state index contributed by atoms with van der Waals surface area (Å²) in [4.78, 5) is 0. The summed E-state index contributed by atoms with van der Waals surface area (Å²) in [6.07, 6.45) is 2.33. The quantitative estimate of drug-likeness (QED) is 0.469. The van der Waals surface area contributed by atoms with Crippen LogP contribution in [-0.4, -0.2) is 42.5 Å². The summed E-state index contributed by atoms with van der Waals surface area (Å²) in [7, 11) is -4.38. The molecule has 0 aromatic heterocycles. The van der Waals surface area contributed by atoms with Crippen molar-refractivity contribution in [1.82, 2.24) is 0 Å². The summed E-state index contributed by atoms with van der Waals surface area (Å²) in [6.45, 7) is 0. The Labute approximate surface area is 105 Å². The Bertz CT molecular complexity index is 385. The summed E-state index contributed by atoms with van der Waals surface area (Å²) in [5, 5.41) is 0. The molecule has 0 fully saturated rings. The maximum absolute atomic E-state index is 10.1.